The minimum Gasteiger partial charge on any atom is -0.494 e. The minimum absolute atomic E-state index is 0.0169. The number of fused-ring (bicyclic) bond motifs is 1. The number of ether oxygens (including phenoxy) is 2. The predicted octanol–water partition coefficient (Wildman–Crippen LogP) is 2.89. The van der Waals surface area contributed by atoms with E-state index in [9.17, 15) is 18.0 Å². The third-order valence-electron chi connectivity index (χ3n) is 6.07. The molecule has 0 aliphatic heterocycles. The van der Waals surface area contributed by atoms with Crippen molar-refractivity contribution < 1.29 is 27.5 Å². The zero-order valence-electron chi connectivity index (χ0n) is 22.1. The lowest BCUT2D eigenvalue weighted by atomic mass is 10.1. The molecule has 0 radical (unpaired) electrons. The van der Waals surface area contributed by atoms with E-state index < -0.39 is 21.9 Å². The van der Waals surface area contributed by atoms with Gasteiger partial charge in [0.25, 0.3) is 5.91 Å². The number of primary sulfonamides is 1. The first-order valence-electron chi connectivity index (χ1n) is 12.3. The van der Waals surface area contributed by atoms with Crippen LogP contribution >= 0.6 is 0 Å². The van der Waals surface area contributed by atoms with Gasteiger partial charge in [-0.2, -0.15) is 5.10 Å². The number of carbonyl (C=O) groups excluding carboxylic acids is 2. The molecule has 0 saturated heterocycles. The number of hydrogen-bond acceptors (Lipinski definition) is 8. The summed E-state index contributed by atoms with van der Waals surface area (Å²) in [6.45, 7) is 6.49. The van der Waals surface area contributed by atoms with Crippen LogP contribution in [0, 0.1) is 6.92 Å². The van der Waals surface area contributed by atoms with E-state index in [1.54, 1.807) is 53.4 Å². The van der Waals surface area contributed by atoms with Gasteiger partial charge in [-0.15, -0.1) is 0 Å². The van der Waals surface area contributed by atoms with Crippen molar-refractivity contribution in [1.82, 2.24) is 19.3 Å². The molecule has 2 aromatic carbocycles. The number of nitrogens with two attached hydrogens (primary N) is 1. The maximum absolute atomic E-state index is 13.3. The normalized spacial score (nSPS) is 11.5. The molecule has 39 heavy (non-hydrogen) atoms. The first-order valence-corrected chi connectivity index (χ1v) is 13.8. The summed E-state index contributed by atoms with van der Waals surface area (Å²) >= 11 is 0. The van der Waals surface area contributed by atoms with E-state index in [0.717, 1.165) is 5.56 Å². The number of hydrogen-bond donors (Lipinski definition) is 2. The van der Waals surface area contributed by atoms with Crippen molar-refractivity contribution in [2.45, 2.75) is 45.2 Å². The Kier molecular flexibility index (Phi) is 8.02. The number of esters is 1. The van der Waals surface area contributed by atoms with Crippen molar-refractivity contribution in [2.24, 2.45) is 5.14 Å². The summed E-state index contributed by atoms with van der Waals surface area (Å²) < 4.78 is 37.4. The van der Waals surface area contributed by atoms with E-state index in [1.165, 1.54) is 19.2 Å². The lowest BCUT2D eigenvalue weighted by molar-refractivity contribution is 0.0526. The Labute approximate surface area is 225 Å². The molecule has 0 atom stereocenters. The molecule has 0 unspecified atom stereocenters. The van der Waals surface area contributed by atoms with Crippen molar-refractivity contribution in [3.63, 3.8) is 0 Å². The number of nitrogens with zero attached hydrogens (tertiary/aromatic N) is 4. The van der Waals surface area contributed by atoms with Crippen LogP contribution in [-0.2, 0) is 34.3 Å². The molecule has 2 aromatic heterocycles. The molecule has 12 nitrogen and oxygen atoms in total. The molecule has 2 heterocycles. The topological polar surface area (TPSA) is 160 Å². The first-order chi connectivity index (χ1) is 18.5. The first kappa shape index (κ1) is 27.8. The van der Waals surface area contributed by atoms with E-state index in [0.29, 0.717) is 47.7 Å². The average molecular weight is 555 g/mol. The van der Waals surface area contributed by atoms with E-state index >= 15 is 0 Å². The Hall–Kier alpha value is -4.23. The fourth-order valence-corrected chi connectivity index (χ4v) is 4.77. The SMILES string of the molecule is CCOC(=O)c1cc(OC)c2c(c1)nc(NC(=O)c1cc(C)nn1CC)n2CCc1ccc(S(N)(=O)=O)cc1. The molecule has 3 N–H and O–H groups in total. The van der Waals surface area contributed by atoms with Crippen LogP contribution in [0.3, 0.4) is 0 Å². The number of benzene rings is 2. The van der Waals surface area contributed by atoms with Gasteiger partial charge in [0.05, 0.1) is 35.4 Å². The number of nitrogens with one attached hydrogen (secondary N) is 1. The molecule has 0 spiro atoms. The van der Waals surface area contributed by atoms with E-state index in [1.807, 2.05) is 6.92 Å². The molecule has 0 fully saturated rings. The van der Waals surface area contributed by atoms with Gasteiger partial charge in [-0.25, -0.2) is 23.3 Å². The van der Waals surface area contributed by atoms with Gasteiger partial charge in [0, 0.05) is 13.1 Å². The summed E-state index contributed by atoms with van der Waals surface area (Å²) in [7, 11) is -2.33. The quantitative estimate of drug-likeness (QED) is 0.283. The molecule has 1 amide bonds. The molecule has 0 saturated carbocycles. The number of aromatic nitrogens is 4. The standard InChI is InChI=1S/C26H30N6O6S/c1-5-32-21(13-16(3)30-32)24(33)29-26-28-20-14-18(25(34)38-6-2)15-22(37-4)23(20)31(26)12-11-17-7-9-19(10-8-17)39(27,35)36/h7-10,13-15H,5-6,11-12H2,1-4H3,(H2,27,35,36)(H,28,29,33). The number of amides is 1. The number of rotatable bonds is 10. The predicted molar refractivity (Wildman–Crippen MR) is 144 cm³/mol. The summed E-state index contributed by atoms with van der Waals surface area (Å²) in [6, 6.07) is 11.1. The number of aryl methyl sites for hydroxylation is 4. The molecule has 4 rings (SSSR count). The maximum atomic E-state index is 13.3. The van der Waals surface area contributed by atoms with Crippen LogP contribution in [0.25, 0.3) is 11.0 Å². The average Bonchev–Trinajstić information content (AvgIpc) is 3.46. The van der Waals surface area contributed by atoms with Crippen molar-refractivity contribution in [1.29, 1.82) is 0 Å². The highest BCUT2D eigenvalue weighted by molar-refractivity contribution is 7.89. The van der Waals surface area contributed by atoms with Gasteiger partial charge in [-0.3, -0.25) is 14.8 Å². The maximum Gasteiger partial charge on any atom is 0.338 e. The van der Waals surface area contributed by atoms with Crippen LogP contribution in [0.2, 0.25) is 0 Å². The summed E-state index contributed by atoms with van der Waals surface area (Å²) in [4.78, 5) is 30.4. The van der Waals surface area contributed by atoms with Gasteiger partial charge in [-0.05, 0) is 63.1 Å². The van der Waals surface area contributed by atoms with E-state index in [-0.39, 0.29) is 23.0 Å². The zero-order valence-corrected chi connectivity index (χ0v) is 22.9. The largest absolute Gasteiger partial charge is 0.494 e. The van der Waals surface area contributed by atoms with Crippen LogP contribution in [0.4, 0.5) is 5.95 Å². The summed E-state index contributed by atoms with van der Waals surface area (Å²) in [5.41, 5.74) is 3.19. The van der Waals surface area contributed by atoms with Crippen molar-refractivity contribution in [2.75, 3.05) is 19.0 Å². The van der Waals surface area contributed by atoms with Crippen molar-refractivity contribution in [3.8, 4) is 5.75 Å². The molecule has 206 valence electrons. The van der Waals surface area contributed by atoms with Gasteiger partial charge in [0.1, 0.15) is 17.0 Å². The van der Waals surface area contributed by atoms with Crippen LogP contribution < -0.4 is 15.2 Å². The lowest BCUT2D eigenvalue weighted by Crippen LogP contribution is -2.20. The Balaban J connectivity index is 1.76. The Bertz CT molecular complexity index is 1640. The second-order valence-electron chi connectivity index (χ2n) is 8.73. The minimum atomic E-state index is -3.81. The van der Waals surface area contributed by atoms with Gasteiger partial charge in [-0.1, -0.05) is 12.1 Å². The molecular weight excluding hydrogens is 524 g/mol. The number of imidazole rings is 1. The van der Waals surface area contributed by atoms with Gasteiger partial charge < -0.3 is 14.0 Å². The Morgan fingerprint density at radius 1 is 1.10 bits per heavy atom. The zero-order chi connectivity index (χ0) is 28.3. The smallest absolute Gasteiger partial charge is 0.338 e. The number of sulfonamides is 1. The van der Waals surface area contributed by atoms with Crippen LogP contribution in [0.5, 0.6) is 5.75 Å². The van der Waals surface area contributed by atoms with Gasteiger partial charge in [0.15, 0.2) is 0 Å². The summed E-state index contributed by atoms with van der Waals surface area (Å²) in [5, 5.41) is 12.4. The van der Waals surface area contributed by atoms with Crippen LogP contribution in [-0.4, -0.2) is 53.3 Å². The molecule has 0 aliphatic carbocycles. The monoisotopic (exact) mass is 554 g/mol. The second-order valence-corrected chi connectivity index (χ2v) is 10.3. The van der Waals surface area contributed by atoms with E-state index in [2.05, 4.69) is 15.4 Å². The third kappa shape index (κ3) is 5.94. The van der Waals surface area contributed by atoms with Crippen molar-refractivity contribution >= 4 is 38.9 Å². The molecule has 0 aliphatic rings. The van der Waals surface area contributed by atoms with Crippen LogP contribution in [0.1, 0.15) is 46.0 Å². The molecule has 13 heteroatoms. The Morgan fingerprint density at radius 3 is 2.44 bits per heavy atom. The van der Waals surface area contributed by atoms with Crippen molar-refractivity contribution in [3.05, 3.63) is 65.0 Å². The number of anilines is 1. The summed E-state index contributed by atoms with van der Waals surface area (Å²) in [6.07, 6.45) is 0.466. The molecule has 0 bridgehead atoms. The Morgan fingerprint density at radius 2 is 1.82 bits per heavy atom. The number of carbonyl (C=O) groups is 2. The molecular formula is C26H30N6O6S. The van der Waals surface area contributed by atoms with Crippen LogP contribution in [0.15, 0.2) is 47.4 Å². The summed E-state index contributed by atoms with van der Waals surface area (Å²) in [5.74, 6) is -0.286. The molecule has 4 aromatic rings. The second kappa shape index (κ2) is 11.3. The van der Waals surface area contributed by atoms with E-state index in [4.69, 9.17) is 14.6 Å². The highest BCUT2D eigenvalue weighted by Crippen LogP contribution is 2.31. The third-order valence-corrected chi connectivity index (χ3v) is 7.00. The lowest BCUT2D eigenvalue weighted by Gasteiger charge is -2.13. The van der Waals surface area contributed by atoms with Gasteiger partial charge in [0.2, 0.25) is 16.0 Å². The highest BCUT2D eigenvalue weighted by Gasteiger charge is 2.22. The van der Waals surface area contributed by atoms with Gasteiger partial charge >= 0.3 is 5.97 Å². The fraction of sp³-hybridized carbons (Fsp3) is 0.308. The highest BCUT2D eigenvalue weighted by atomic mass is 32.2. The number of methoxy groups -OCH3 is 1. The fourth-order valence-electron chi connectivity index (χ4n) is 4.25.